The van der Waals surface area contributed by atoms with Gasteiger partial charge in [0.05, 0.1) is 0 Å². The first kappa shape index (κ1) is 13.4. The normalized spacial score (nSPS) is 35.5. The van der Waals surface area contributed by atoms with E-state index in [1.807, 2.05) is 0 Å². The van der Waals surface area contributed by atoms with E-state index in [1.165, 1.54) is 38.6 Å². The van der Waals surface area contributed by atoms with Crippen LogP contribution in [0.4, 0.5) is 0 Å². The summed E-state index contributed by atoms with van der Waals surface area (Å²) < 4.78 is 0. The van der Waals surface area contributed by atoms with Crippen molar-refractivity contribution in [1.82, 2.24) is 4.90 Å². The summed E-state index contributed by atoms with van der Waals surface area (Å²) in [5.74, 6) is 3.08. The van der Waals surface area contributed by atoms with Gasteiger partial charge in [-0.2, -0.15) is 0 Å². The van der Waals surface area contributed by atoms with E-state index in [0.717, 1.165) is 30.7 Å². The minimum Gasteiger partial charge on any atom is -0.324 e. The van der Waals surface area contributed by atoms with Gasteiger partial charge in [0.2, 0.25) is 0 Å². The highest BCUT2D eigenvalue weighted by atomic mass is 15.1. The standard InChI is InChI=1S/C15H30N2/c1-4-7-15(2,16)11-17(3)10-14-9-12-5-6-13(14)8-12/h12-14H,4-11,16H2,1-3H3. The van der Waals surface area contributed by atoms with E-state index in [1.54, 1.807) is 0 Å². The summed E-state index contributed by atoms with van der Waals surface area (Å²) in [5, 5.41) is 0. The summed E-state index contributed by atoms with van der Waals surface area (Å²) in [6.07, 6.45) is 8.34. The largest absolute Gasteiger partial charge is 0.324 e. The average molecular weight is 238 g/mol. The van der Waals surface area contributed by atoms with Gasteiger partial charge in [0.25, 0.3) is 0 Å². The zero-order valence-electron chi connectivity index (χ0n) is 11.9. The highest BCUT2D eigenvalue weighted by Crippen LogP contribution is 2.48. The Balaban J connectivity index is 1.75. The summed E-state index contributed by atoms with van der Waals surface area (Å²) in [7, 11) is 2.26. The average Bonchev–Trinajstić information content (AvgIpc) is 2.77. The molecule has 2 aliphatic rings. The van der Waals surface area contributed by atoms with E-state index >= 15 is 0 Å². The summed E-state index contributed by atoms with van der Waals surface area (Å²) >= 11 is 0. The highest BCUT2D eigenvalue weighted by Gasteiger charge is 2.39. The first-order valence-corrected chi connectivity index (χ1v) is 7.47. The quantitative estimate of drug-likeness (QED) is 0.771. The van der Waals surface area contributed by atoms with Gasteiger partial charge in [-0.25, -0.2) is 0 Å². The monoisotopic (exact) mass is 238 g/mol. The lowest BCUT2D eigenvalue weighted by atomic mass is 9.88. The number of hydrogen-bond donors (Lipinski definition) is 1. The summed E-state index contributed by atoms with van der Waals surface area (Å²) in [5.41, 5.74) is 6.34. The fourth-order valence-corrected chi connectivity index (χ4v) is 4.33. The van der Waals surface area contributed by atoms with Crippen LogP contribution in [0.15, 0.2) is 0 Å². The molecule has 0 amide bonds. The van der Waals surface area contributed by atoms with E-state index in [-0.39, 0.29) is 5.54 Å². The molecule has 0 aliphatic heterocycles. The Morgan fingerprint density at radius 3 is 2.59 bits per heavy atom. The second kappa shape index (κ2) is 5.27. The lowest BCUT2D eigenvalue weighted by Crippen LogP contribution is -2.47. The maximum absolute atomic E-state index is 6.34. The first-order valence-electron chi connectivity index (χ1n) is 7.47. The number of rotatable bonds is 6. The predicted molar refractivity (Wildman–Crippen MR) is 73.9 cm³/mol. The third-order valence-electron chi connectivity index (χ3n) is 4.88. The molecular formula is C15H30N2. The van der Waals surface area contributed by atoms with Crippen LogP contribution < -0.4 is 5.73 Å². The zero-order valence-corrected chi connectivity index (χ0v) is 11.9. The van der Waals surface area contributed by atoms with Gasteiger partial charge in [0.15, 0.2) is 0 Å². The Bertz CT molecular complexity index is 249. The van der Waals surface area contributed by atoms with Gasteiger partial charge in [-0.1, -0.05) is 19.8 Å². The molecule has 2 rings (SSSR count). The van der Waals surface area contributed by atoms with E-state index in [4.69, 9.17) is 5.73 Å². The van der Waals surface area contributed by atoms with Crippen molar-refractivity contribution in [3.05, 3.63) is 0 Å². The van der Waals surface area contributed by atoms with Crippen molar-refractivity contribution in [2.24, 2.45) is 23.5 Å². The Morgan fingerprint density at radius 1 is 1.29 bits per heavy atom. The minimum absolute atomic E-state index is 0.00111. The van der Waals surface area contributed by atoms with Crippen LogP contribution in [0.2, 0.25) is 0 Å². The van der Waals surface area contributed by atoms with Gasteiger partial charge in [-0.15, -0.1) is 0 Å². The van der Waals surface area contributed by atoms with Gasteiger partial charge in [-0.3, -0.25) is 0 Å². The highest BCUT2D eigenvalue weighted by molar-refractivity contribution is 4.92. The fourth-order valence-electron chi connectivity index (χ4n) is 4.33. The Labute approximate surface area is 107 Å². The molecule has 2 aliphatic carbocycles. The molecule has 0 heterocycles. The van der Waals surface area contributed by atoms with E-state index in [0.29, 0.717) is 0 Å². The van der Waals surface area contributed by atoms with Gasteiger partial charge in [-0.05, 0) is 57.4 Å². The molecular weight excluding hydrogens is 208 g/mol. The zero-order chi connectivity index (χ0) is 12.5. The van der Waals surface area contributed by atoms with Crippen molar-refractivity contribution in [3.63, 3.8) is 0 Å². The summed E-state index contributed by atoms with van der Waals surface area (Å²) in [6.45, 7) is 6.75. The maximum Gasteiger partial charge on any atom is 0.0254 e. The number of hydrogen-bond acceptors (Lipinski definition) is 2. The van der Waals surface area contributed by atoms with E-state index < -0.39 is 0 Å². The molecule has 17 heavy (non-hydrogen) atoms. The van der Waals surface area contributed by atoms with Gasteiger partial charge >= 0.3 is 0 Å². The van der Waals surface area contributed by atoms with Crippen molar-refractivity contribution >= 4 is 0 Å². The van der Waals surface area contributed by atoms with Gasteiger partial charge in [0.1, 0.15) is 0 Å². The fraction of sp³-hybridized carbons (Fsp3) is 1.00. The molecule has 4 atom stereocenters. The molecule has 2 N–H and O–H groups in total. The SMILES string of the molecule is CCCC(C)(N)CN(C)CC1CC2CCC1C2. The third kappa shape index (κ3) is 3.45. The molecule has 2 bridgehead atoms. The Morgan fingerprint density at radius 2 is 2.06 bits per heavy atom. The minimum atomic E-state index is 0.00111. The van der Waals surface area contributed by atoms with Crippen LogP contribution in [0, 0.1) is 17.8 Å². The van der Waals surface area contributed by atoms with Crippen LogP contribution in [-0.4, -0.2) is 30.6 Å². The molecule has 0 aromatic carbocycles. The Hall–Kier alpha value is -0.0800. The molecule has 2 nitrogen and oxygen atoms in total. The smallest absolute Gasteiger partial charge is 0.0254 e. The molecule has 0 radical (unpaired) electrons. The molecule has 2 saturated carbocycles. The molecule has 2 fully saturated rings. The van der Waals surface area contributed by atoms with Gasteiger partial charge in [0, 0.05) is 18.6 Å². The van der Waals surface area contributed by atoms with Crippen LogP contribution in [0.1, 0.15) is 52.4 Å². The van der Waals surface area contributed by atoms with Gasteiger partial charge < -0.3 is 10.6 Å². The van der Waals surface area contributed by atoms with Crippen LogP contribution >= 0.6 is 0 Å². The second-order valence-electron chi connectivity index (χ2n) is 7.04. The molecule has 0 aromatic heterocycles. The maximum atomic E-state index is 6.34. The number of nitrogens with zero attached hydrogens (tertiary/aromatic N) is 1. The van der Waals surface area contributed by atoms with Crippen LogP contribution in [0.3, 0.4) is 0 Å². The predicted octanol–water partition coefficient (Wildman–Crippen LogP) is 2.87. The summed E-state index contributed by atoms with van der Waals surface area (Å²) in [6, 6.07) is 0. The topological polar surface area (TPSA) is 29.3 Å². The van der Waals surface area contributed by atoms with E-state index in [9.17, 15) is 0 Å². The van der Waals surface area contributed by atoms with Crippen LogP contribution in [0.5, 0.6) is 0 Å². The molecule has 0 saturated heterocycles. The van der Waals surface area contributed by atoms with Crippen molar-refractivity contribution in [1.29, 1.82) is 0 Å². The number of fused-ring (bicyclic) bond motifs is 2. The lowest BCUT2D eigenvalue weighted by molar-refractivity contribution is 0.184. The Kier molecular flexibility index (Phi) is 4.14. The molecule has 0 spiro atoms. The molecule has 100 valence electrons. The van der Waals surface area contributed by atoms with Crippen LogP contribution in [-0.2, 0) is 0 Å². The van der Waals surface area contributed by atoms with Crippen molar-refractivity contribution in [2.45, 2.75) is 57.9 Å². The van der Waals surface area contributed by atoms with Crippen molar-refractivity contribution in [2.75, 3.05) is 20.1 Å². The molecule has 4 unspecified atom stereocenters. The molecule has 2 heteroatoms. The van der Waals surface area contributed by atoms with Crippen molar-refractivity contribution in [3.8, 4) is 0 Å². The first-order chi connectivity index (χ1) is 8.00. The lowest BCUT2D eigenvalue weighted by Gasteiger charge is -2.33. The molecule has 0 aromatic rings. The third-order valence-corrected chi connectivity index (χ3v) is 4.88. The number of likely N-dealkylation sites (N-methyl/N-ethyl adjacent to an activating group) is 1. The number of nitrogens with two attached hydrogens (primary N) is 1. The van der Waals surface area contributed by atoms with E-state index in [2.05, 4.69) is 25.8 Å². The van der Waals surface area contributed by atoms with Crippen molar-refractivity contribution < 1.29 is 0 Å². The van der Waals surface area contributed by atoms with Crippen LogP contribution in [0.25, 0.3) is 0 Å². The second-order valence-corrected chi connectivity index (χ2v) is 7.04. The summed E-state index contributed by atoms with van der Waals surface area (Å²) in [4.78, 5) is 2.49.